The van der Waals surface area contributed by atoms with Gasteiger partial charge < -0.3 is 19.3 Å². The van der Waals surface area contributed by atoms with Crippen LogP contribution in [0.2, 0.25) is 0 Å². The molecule has 6 heteroatoms. The molecule has 6 nitrogen and oxygen atoms in total. The van der Waals surface area contributed by atoms with Gasteiger partial charge >= 0.3 is 0 Å². The minimum Gasteiger partial charge on any atom is -0.482 e. The topological polar surface area (TPSA) is 59.1 Å². The lowest BCUT2D eigenvalue weighted by atomic mass is 9.79. The molecule has 1 spiro atoms. The number of hydrogen-bond donors (Lipinski definition) is 0. The van der Waals surface area contributed by atoms with E-state index >= 15 is 0 Å². The Morgan fingerprint density at radius 3 is 2.96 bits per heavy atom. The molecule has 2 saturated heterocycles. The maximum Gasteiger partial charge on any atom is 0.264 e. The minimum absolute atomic E-state index is 0.0233. The molecule has 1 aromatic rings. The first-order chi connectivity index (χ1) is 11.6. The molecule has 3 aliphatic heterocycles. The molecule has 2 fully saturated rings. The summed E-state index contributed by atoms with van der Waals surface area (Å²) in [5, 5.41) is 0. The Morgan fingerprint density at radius 1 is 1.29 bits per heavy atom. The molecule has 0 unspecified atom stereocenters. The van der Waals surface area contributed by atoms with Gasteiger partial charge in [-0.05, 0) is 37.5 Å². The number of anilines is 1. The summed E-state index contributed by atoms with van der Waals surface area (Å²) in [4.78, 5) is 28.2. The van der Waals surface area contributed by atoms with E-state index in [9.17, 15) is 9.59 Å². The maximum absolute atomic E-state index is 13.0. The van der Waals surface area contributed by atoms with Gasteiger partial charge in [-0.25, -0.2) is 0 Å². The number of carbonyl (C=O) groups is 2. The highest BCUT2D eigenvalue weighted by Gasteiger charge is 2.40. The van der Waals surface area contributed by atoms with Crippen molar-refractivity contribution in [3.05, 3.63) is 23.8 Å². The molecule has 3 heterocycles. The number of fused-ring (bicyclic) bond motifs is 1. The third kappa shape index (κ3) is 2.55. The molecule has 0 N–H and O–H groups in total. The number of likely N-dealkylation sites (N-methyl/N-ethyl adjacent to an activating group) is 1. The zero-order chi connectivity index (χ0) is 16.7. The van der Waals surface area contributed by atoms with Crippen molar-refractivity contribution in [3.8, 4) is 5.75 Å². The van der Waals surface area contributed by atoms with E-state index in [1.165, 1.54) is 0 Å². The van der Waals surface area contributed by atoms with Crippen LogP contribution in [0.4, 0.5) is 5.69 Å². The molecule has 128 valence electrons. The summed E-state index contributed by atoms with van der Waals surface area (Å²) in [6, 6.07) is 5.34. The highest BCUT2D eigenvalue weighted by molar-refractivity contribution is 6.01. The molecule has 0 aromatic heterocycles. The van der Waals surface area contributed by atoms with Crippen LogP contribution in [0, 0.1) is 5.41 Å². The number of likely N-dealkylation sites (tertiary alicyclic amines) is 1. The second kappa shape index (κ2) is 5.77. The monoisotopic (exact) mass is 330 g/mol. The van der Waals surface area contributed by atoms with Crippen molar-refractivity contribution < 1.29 is 19.1 Å². The molecule has 1 aromatic carbocycles. The second-order valence-electron chi connectivity index (χ2n) is 7.06. The number of benzene rings is 1. The minimum atomic E-state index is -0.105. The Labute approximate surface area is 141 Å². The van der Waals surface area contributed by atoms with Gasteiger partial charge in [0.2, 0.25) is 0 Å². The lowest BCUT2D eigenvalue weighted by Crippen LogP contribution is -2.46. The lowest BCUT2D eigenvalue weighted by Gasteiger charge is -2.39. The molecular weight excluding hydrogens is 308 g/mol. The van der Waals surface area contributed by atoms with E-state index in [-0.39, 0.29) is 23.8 Å². The fourth-order valence-corrected chi connectivity index (χ4v) is 3.94. The van der Waals surface area contributed by atoms with Crippen LogP contribution in [-0.4, -0.2) is 56.7 Å². The van der Waals surface area contributed by atoms with Crippen molar-refractivity contribution in [1.82, 2.24) is 4.90 Å². The van der Waals surface area contributed by atoms with Gasteiger partial charge in [-0.15, -0.1) is 0 Å². The van der Waals surface area contributed by atoms with Crippen LogP contribution in [0.15, 0.2) is 18.2 Å². The smallest absolute Gasteiger partial charge is 0.264 e. The van der Waals surface area contributed by atoms with Crippen LogP contribution >= 0.6 is 0 Å². The standard InChI is InChI=1S/C18H22N2O4/c1-19-14-9-13(3-4-15(14)24-10-16(19)21)17(22)20-7-2-5-18(11-20)6-8-23-12-18/h3-4,9H,2,5-8,10-12H2,1H3/t18-/m1/s1. The molecule has 0 saturated carbocycles. The normalized spacial score (nSPS) is 26.5. The molecule has 1 atom stereocenters. The Balaban J connectivity index is 1.57. The first-order valence-corrected chi connectivity index (χ1v) is 8.48. The Hall–Kier alpha value is -2.08. The van der Waals surface area contributed by atoms with Crippen LogP contribution in [0.5, 0.6) is 5.75 Å². The van der Waals surface area contributed by atoms with E-state index in [0.29, 0.717) is 17.0 Å². The van der Waals surface area contributed by atoms with Crippen LogP contribution in [0.1, 0.15) is 29.6 Å². The van der Waals surface area contributed by atoms with Crippen molar-refractivity contribution in [1.29, 1.82) is 0 Å². The summed E-state index contributed by atoms with van der Waals surface area (Å²) >= 11 is 0. The fourth-order valence-electron chi connectivity index (χ4n) is 3.94. The highest BCUT2D eigenvalue weighted by atomic mass is 16.5. The Bertz CT molecular complexity index is 682. The predicted molar refractivity (Wildman–Crippen MR) is 88.4 cm³/mol. The molecule has 4 rings (SSSR count). The average Bonchev–Trinajstić information content (AvgIpc) is 3.05. The Kier molecular flexibility index (Phi) is 3.72. The van der Waals surface area contributed by atoms with Gasteiger partial charge in [-0.3, -0.25) is 9.59 Å². The highest BCUT2D eigenvalue weighted by Crippen LogP contribution is 2.38. The van der Waals surface area contributed by atoms with E-state index in [4.69, 9.17) is 9.47 Å². The molecule has 3 aliphatic rings. The number of nitrogens with zero attached hydrogens (tertiary/aromatic N) is 2. The van der Waals surface area contributed by atoms with Gasteiger partial charge in [-0.2, -0.15) is 0 Å². The van der Waals surface area contributed by atoms with Crippen LogP contribution in [0.25, 0.3) is 0 Å². The number of rotatable bonds is 1. The van der Waals surface area contributed by atoms with Gasteiger partial charge in [-0.1, -0.05) is 0 Å². The number of carbonyl (C=O) groups excluding carboxylic acids is 2. The number of amides is 2. The van der Waals surface area contributed by atoms with Crippen molar-refractivity contribution in [2.45, 2.75) is 19.3 Å². The third-order valence-electron chi connectivity index (χ3n) is 5.43. The molecule has 2 amide bonds. The van der Waals surface area contributed by atoms with Crippen LogP contribution in [-0.2, 0) is 9.53 Å². The first kappa shape index (κ1) is 15.4. The predicted octanol–water partition coefficient (Wildman–Crippen LogP) is 1.68. The van der Waals surface area contributed by atoms with Crippen molar-refractivity contribution in [2.24, 2.45) is 5.41 Å². The van der Waals surface area contributed by atoms with Gasteiger partial charge in [0.25, 0.3) is 11.8 Å². The summed E-state index contributed by atoms with van der Waals surface area (Å²) in [6.07, 6.45) is 3.18. The average molecular weight is 330 g/mol. The summed E-state index contributed by atoms with van der Waals surface area (Å²) in [6.45, 7) is 3.14. The zero-order valence-electron chi connectivity index (χ0n) is 13.9. The number of hydrogen-bond acceptors (Lipinski definition) is 4. The summed E-state index contributed by atoms with van der Waals surface area (Å²) in [5.41, 5.74) is 1.40. The third-order valence-corrected chi connectivity index (χ3v) is 5.43. The first-order valence-electron chi connectivity index (χ1n) is 8.48. The van der Waals surface area contributed by atoms with E-state index in [1.807, 2.05) is 4.90 Å². The molecule has 24 heavy (non-hydrogen) atoms. The quantitative estimate of drug-likeness (QED) is 0.786. The SMILES string of the molecule is CN1C(=O)COc2ccc(C(=O)N3CCC[C@@]4(CCOC4)C3)cc21. The van der Waals surface area contributed by atoms with E-state index in [1.54, 1.807) is 30.1 Å². The molecule has 0 radical (unpaired) electrons. The van der Waals surface area contributed by atoms with Gasteiger partial charge in [0, 0.05) is 37.7 Å². The van der Waals surface area contributed by atoms with E-state index < -0.39 is 0 Å². The Morgan fingerprint density at radius 2 is 2.17 bits per heavy atom. The van der Waals surface area contributed by atoms with Crippen molar-refractivity contribution in [2.75, 3.05) is 44.9 Å². The second-order valence-corrected chi connectivity index (χ2v) is 7.06. The van der Waals surface area contributed by atoms with Crippen molar-refractivity contribution in [3.63, 3.8) is 0 Å². The molecule has 0 bridgehead atoms. The van der Waals surface area contributed by atoms with Gasteiger partial charge in [0.1, 0.15) is 5.75 Å². The van der Waals surface area contributed by atoms with Crippen LogP contribution < -0.4 is 9.64 Å². The van der Waals surface area contributed by atoms with Crippen molar-refractivity contribution >= 4 is 17.5 Å². The van der Waals surface area contributed by atoms with E-state index in [2.05, 4.69) is 0 Å². The zero-order valence-corrected chi connectivity index (χ0v) is 13.9. The van der Waals surface area contributed by atoms with Gasteiger partial charge in [0.05, 0.1) is 12.3 Å². The van der Waals surface area contributed by atoms with Gasteiger partial charge in [0.15, 0.2) is 6.61 Å². The fraction of sp³-hybridized carbons (Fsp3) is 0.556. The molecular formula is C18H22N2O4. The maximum atomic E-state index is 13.0. The van der Waals surface area contributed by atoms with Crippen LogP contribution in [0.3, 0.4) is 0 Å². The largest absolute Gasteiger partial charge is 0.482 e. The van der Waals surface area contributed by atoms with E-state index in [0.717, 1.165) is 45.6 Å². The number of piperidine rings is 1. The summed E-state index contributed by atoms with van der Waals surface area (Å²) in [5.74, 6) is 0.565. The number of ether oxygens (including phenoxy) is 2. The summed E-state index contributed by atoms with van der Waals surface area (Å²) < 4.78 is 11.0. The molecule has 0 aliphatic carbocycles. The summed E-state index contributed by atoms with van der Waals surface area (Å²) in [7, 11) is 1.71. The lowest BCUT2D eigenvalue weighted by molar-refractivity contribution is -0.120.